The van der Waals surface area contributed by atoms with Crippen LogP contribution >= 0.6 is 0 Å². The van der Waals surface area contributed by atoms with E-state index in [1.54, 1.807) is 18.2 Å². The van der Waals surface area contributed by atoms with E-state index >= 15 is 0 Å². The monoisotopic (exact) mass is 155 g/mol. The van der Waals surface area contributed by atoms with Gasteiger partial charge in [-0.25, -0.2) is 0 Å². The van der Waals surface area contributed by atoms with E-state index in [2.05, 4.69) is 0 Å². The van der Waals surface area contributed by atoms with Gasteiger partial charge < -0.3 is 4.74 Å². The Kier molecular flexibility index (Phi) is 0.721. The molecule has 1 saturated carbocycles. The molecular formula is C10H12O. The molecule has 0 heterocycles. The van der Waals surface area contributed by atoms with E-state index in [-0.39, 0.29) is 5.56 Å². The zero-order chi connectivity index (χ0) is 13.8. The second-order valence-electron chi connectivity index (χ2n) is 2.15. The summed E-state index contributed by atoms with van der Waals surface area (Å²) in [5.74, 6) is 0. The number of hydrogen-bond donors (Lipinski definition) is 0. The van der Waals surface area contributed by atoms with Crippen molar-refractivity contribution in [1.82, 2.24) is 0 Å². The summed E-state index contributed by atoms with van der Waals surface area (Å²) in [7, 11) is 0. The summed E-state index contributed by atoms with van der Waals surface area (Å²) in [6, 6.07) is 7.74. The molecule has 0 radical (unpaired) electrons. The summed E-state index contributed by atoms with van der Waals surface area (Å²) in [6.07, 6.45) is -7.58. The van der Waals surface area contributed by atoms with Crippen LogP contribution in [0.1, 0.15) is 27.9 Å². The van der Waals surface area contributed by atoms with Crippen LogP contribution in [0.4, 0.5) is 0 Å². The third-order valence-corrected chi connectivity index (χ3v) is 1.27. The van der Waals surface area contributed by atoms with Crippen molar-refractivity contribution in [3.63, 3.8) is 0 Å². The zero-order valence-corrected chi connectivity index (χ0v) is 5.79. The molecule has 58 valence electrons. The Morgan fingerprint density at radius 1 is 1.55 bits per heavy atom. The Morgan fingerprint density at radius 3 is 2.91 bits per heavy atom. The van der Waals surface area contributed by atoms with Gasteiger partial charge in [-0.05, 0) is 18.3 Å². The van der Waals surface area contributed by atoms with Crippen molar-refractivity contribution in [2.45, 2.75) is 25.4 Å². The molecule has 1 aliphatic carbocycles. The van der Waals surface area contributed by atoms with Crippen molar-refractivity contribution < 1.29 is 14.3 Å². The zero-order valence-electron chi connectivity index (χ0n) is 12.8. The maximum absolute atomic E-state index is 7.71. The van der Waals surface area contributed by atoms with Gasteiger partial charge in [0.05, 0.1) is 16.8 Å². The molecule has 0 amide bonds. The van der Waals surface area contributed by atoms with Gasteiger partial charge in [0.2, 0.25) is 0 Å². The molecule has 11 heavy (non-hydrogen) atoms. The highest BCUT2D eigenvalue weighted by molar-refractivity contribution is 5.13. The van der Waals surface area contributed by atoms with Gasteiger partial charge in [-0.1, -0.05) is 30.3 Å². The number of ether oxygens (including phenoxy) is 1. The molecule has 0 aromatic heterocycles. The molecule has 1 aliphatic rings. The highest BCUT2D eigenvalue weighted by Crippen LogP contribution is 2.24. The summed E-state index contributed by atoms with van der Waals surface area (Å²) < 4.78 is 57.3. The van der Waals surface area contributed by atoms with Crippen LogP contribution < -0.4 is 0 Å². The van der Waals surface area contributed by atoms with Crippen LogP contribution in [-0.4, -0.2) is 6.08 Å². The maximum Gasteiger partial charge on any atom is 0.0720 e. The van der Waals surface area contributed by atoms with E-state index in [0.717, 1.165) is 0 Å². The van der Waals surface area contributed by atoms with Crippen molar-refractivity contribution in [2.24, 2.45) is 0 Å². The lowest BCUT2D eigenvalue weighted by molar-refractivity contribution is 0.106. The minimum atomic E-state index is -2.53. The molecule has 0 saturated heterocycles. The second kappa shape index (κ2) is 3.05. The number of benzene rings is 1. The van der Waals surface area contributed by atoms with E-state index in [9.17, 15) is 0 Å². The molecule has 0 spiro atoms. The summed E-state index contributed by atoms with van der Waals surface area (Å²) in [5, 5.41) is 0. The average Bonchev–Trinajstić information content (AvgIpc) is 2.56. The quantitative estimate of drug-likeness (QED) is 0.651. The molecular weight excluding hydrogens is 136 g/mol. The molecule has 0 atom stereocenters. The number of hydrogen-bond acceptors (Lipinski definition) is 1. The van der Waals surface area contributed by atoms with Crippen LogP contribution in [-0.2, 0) is 11.3 Å². The molecule has 1 fully saturated rings. The SMILES string of the molecule is [2H]C([2H])(OC1([2H])C([2H])([2H])C1([2H])[2H])c1ccccc1. The Bertz CT molecular complexity index is 443. The smallest absolute Gasteiger partial charge is 0.0720 e. The van der Waals surface area contributed by atoms with E-state index in [1.165, 1.54) is 12.1 Å². The van der Waals surface area contributed by atoms with Gasteiger partial charge in [0.15, 0.2) is 0 Å². The Labute approximate surface area is 76.8 Å². The molecule has 1 aromatic rings. The Hall–Kier alpha value is -0.820. The summed E-state index contributed by atoms with van der Waals surface area (Å²) in [5.41, 5.74) is 0.120. The molecule has 0 bridgehead atoms. The highest BCUT2D eigenvalue weighted by Gasteiger charge is 2.21. The molecule has 2 rings (SSSR count). The van der Waals surface area contributed by atoms with Gasteiger partial charge in [-0.3, -0.25) is 0 Å². The molecule has 0 unspecified atom stereocenters. The lowest BCUT2D eigenvalue weighted by Gasteiger charge is -2.00. The fourth-order valence-corrected chi connectivity index (χ4v) is 0.693. The van der Waals surface area contributed by atoms with Gasteiger partial charge >= 0.3 is 0 Å². The van der Waals surface area contributed by atoms with Crippen LogP contribution in [0.2, 0.25) is 0 Å². The van der Waals surface area contributed by atoms with Crippen molar-refractivity contribution in [3.05, 3.63) is 35.9 Å². The van der Waals surface area contributed by atoms with Crippen LogP contribution in [0.15, 0.2) is 30.3 Å². The first-order valence-electron chi connectivity index (χ1n) is 6.82. The molecule has 1 aromatic carbocycles. The van der Waals surface area contributed by atoms with Crippen LogP contribution in [0.5, 0.6) is 0 Å². The maximum atomic E-state index is 7.71. The molecule has 0 N–H and O–H groups in total. The van der Waals surface area contributed by atoms with Crippen molar-refractivity contribution in [2.75, 3.05) is 0 Å². The first-order chi connectivity index (χ1) is 8.06. The van der Waals surface area contributed by atoms with E-state index in [4.69, 9.17) is 14.3 Å². The largest absolute Gasteiger partial charge is 0.374 e. The van der Waals surface area contributed by atoms with Crippen molar-refractivity contribution >= 4 is 0 Å². The Balaban J connectivity index is 2.26. The van der Waals surface area contributed by atoms with E-state index < -0.39 is 25.4 Å². The topological polar surface area (TPSA) is 9.23 Å². The average molecular weight is 155 g/mol. The van der Waals surface area contributed by atoms with Crippen LogP contribution in [0.25, 0.3) is 0 Å². The third-order valence-electron chi connectivity index (χ3n) is 1.27. The minimum Gasteiger partial charge on any atom is -0.374 e. The van der Waals surface area contributed by atoms with Gasteiger partial charge in [0, 0.05) is 5.48 Å². The molecule has 1 heteroatoms. The lowest BCUT2D eigenvalue weighted by Crippen LogP contribution is -1.93. The minimum absolute atomic E-state index is 0.120. The normalized spacial score (nSPS) is 39.5. The predicted octanol–water partition coefficient (Wildman–Crippen LogP) is 2.37. The third kappa shape index (κ3) is 2.05. The van der Waals surface area contributed by atoms with Crippen molar-refractivity contribution in [3.8, 4) is 0 Å². The van der Waals surface area contributed by atoms with Gasteiger partial charge in [0.1, 0.15) is 0 Å². The van der Waals surface area contributed by atoms with Gasteiger partial charge in [-0.2, -0.15) is 0 Å². The molecule has 1 nitrogen and oxygen atoms in total. The van der Waals surface area contributed by atoms with Gasteiger partial charge in [0.25, 0.3) is 0 Å². The van der Waals surface area contributed by atoms with E-state index in [1.807, 2.05) is 0 Å². The summed E-state index contributed by atoms with van der Waals surface area (Å²) >= 11 is 0. The lowest BCUT2D eigenvalue weighted by atomic mass is 10.2. The predicted molar refractivity (Wildman–Crippen MR) is 44.3 cm³/mol. The second-order valence-corrected chi connectivity index (χ2v) is 2.15. The number of rotatable bonds is 3. The Morgan fingerprint density at radius 2 is 2.27 bits per heavy atom. The summed E-state index contributed by atoms with van der Waals surface area (Å²) in [4.78, 5) is 0. The van der Waals surface area contributed by atoms with Crippen LogP contribution in [0, 0.1) is 0 Å². The highest BCUT2D eigenvalue weighted by atomic mass is 16.5. The fourth-order valence-electron chi connectivity index (χ4n) is 0.693. The fraction of sp³-hybridized carbons (Fsp3) is 0.400. The van der Waals surface area contributed by atoms with Crippen LogP contribution in [0.3, 0.4) is 0 Å². The first kappa shape index (κ1) is 2.60. The standard InChI is InChI=1S/C10H12O/c1-2-4-9(5-3-1)8-11-10-6-7-10/h1-5,10H,6-8H2/i6D2,7D2,8D2,10D. The van der Waals surface area contributed by atoms with E-state index in [0.29, 0.717) is 0 Å². The summed E-state index contributed by atoms with van der Waals surface area (Å²) in [6.45, 7) is -2.42. The van der Waals surface area contributed by atoms with Gasteiger partial charge in [-0.15, -0.1) is 0 Å². The van der Waals surface area contributed by atoms with Crippen molar-refractivity contribution in [1.29, 1.82) is 0 Å². The first-order valence-corrected chi connectivity index (χ1v) is 3.32. The molecule has 0 aliphatic heterocycles.